The number of nitrogens with one attached hydrogen (secondary N) is 1. The predicted molar refractivity (Wildman–Crippen MR) is 115 cm³/mol. The first kappa shape index (κ1) is 19.8. The summed E-state index contributed by atoms with van der Waals surface area (Å²) in [5.41, 5.74) is 7.97. The topological polar surface area (TPSA) is 80.5 Å². The molecule has 0 radical (unpaired) electrons. The highest BCUT2D eigenvalue weighted by atomic mass is 35.5. The summed E-state index contributed by atoms with van der Waals surface area (Å²) in [4.78, 5) is 18.7. The maximum atomic E-state index is 12.8. The van der Waals surface area contributed by atoms with Crippen molar-refractivity contribution >= 4 is 29.1 Å². The van der Waals surface area contributed by atoms with Gasteiger partial charge in [-0.05, 0) is 45.1 Å². The van der Waals surface area contributed by atoms with Crippen LogP contribution in [-0.4, -0.2) is 33.7 Å². The molecule has 3 N–H and O–H groups in total. The zero-order valence-electron chi connectivity index (χ0n) is 16.8. The molecule has 1 aromatic carbocycles. The van der Waals surface area contributed by atoms with Crippen LogP contribution in [0.15, 0.2) is 42.6 Å². The molecule has 4 rings (SSSR count). The third-order valence-electron chi connectivity index (χ3n) is 5.96. The van der Waals surface area contributed by atoms with Gasteiger partial charge in [0.05, 0.1) is 23.6 Å². The molecule has 1 saturated carbocycles. The van der Waals surface area contributed by atoms with E-state index in [0.717, 1.165) is 36.9 Å². The van der Waals surface area contributed by atoms with Crippen LogP contribution in [0.2, 0.25) is 5.15 Å². The van der Waals surface area contributed by atoms with Crippen LogP contribution in [0, 0.1) is 0 Å². The fourth-order valence-corrected chi connectivity index (χ4v) is 4.77. The lowest BCUT2D eigenvalue weighted by Crippen LogP contribution is -2.44. The van der Waals surface area contributed by atoms with Gasteiger partial charge in [-0.15, -0.1) is 0 Å². The van der Waals surface area contributed by atoms with E-state index in [4.69, 9.17) is 22.1 Å². The Morgan fingerprint density at radius 3 is 2.59 bits per heavy atom. The van der Waals surface area contributed by atoms with Gasteiger partial charge >= 0.3 is 6.09 Å². The molecular weight excluding hydrogens is 388 g/mol. The molecule has 1 aliphatic carbocycles. The molecule has 2 aromatic rings. The quantitative estimate of drug-likeness (QED) is 0.687. The minimum Gasteiger partial charge on any atom is -0.441 e. The van der Waals surface area contributed by atoms with Gasteiger partial charge in [0.15, 0.2) is 0 Å². The number of carbonyl (C=O) groups excluding carboxylic acids is 1. The van der Waals surface area contributed by atoms with Gasteiger partial charge in [0.25, 0.3) is 0 Å². The first-order valence-corrected chi connectivity index (χ1v) is 10.5. The second kappa shape index (κ2) is 7.75. The van der Waals surface area contributed by atoms with Gasteiger partial charge in [0.2, 0.25) is 0 Å². The highest BCUT2D eigenvalue weighted by Gasteiger charge is 2.51. The molecule has 1 aliphatic heterocycles. The smallest absolute Gasteiger partial charge is 0.411 e. The number of pyridine rings is 1. The number of benzene rings is 1. The highest BCUT2D eigenvalue weighted by molar-refractivity contribution is 6.29. The number of rotatable bonds is 4. The molecule has 0 unspecified atom stereocenters. The van der Waals surface area contributed by atoms with Crippen LogP contribution in [0.4, 0.5) is 16.2 Å². The molecule has 2 heterocycles. The Balaban J connectivity index is 1.47. The zero-order valence-corrected chi connectivity index (χ0v) is 17.5. The monoisotopic (exact) mass is 414 g/mol. The second-order valence-electron chi connectivity index (χ2n) is 8.44. The predicted octanol–water partition coefficient (Wildman–Crippen LogP) is 5.01. The first-order chi connectivity index (χ1) is 13.8. The molecule has 1 saturated heterocycles. The van der Waals surface area contributed by atoms with E-state index < -0.39 is 5.60 Å². The van der Waals surface area contributed by atoms with Crippen molar-refractivity contribution in [1.82, 2.24) is 9.88 Å². The second-order valence-corrected chi connectivity index (χ2v) is 8.82. The van der Waals surface area contributed by atoms with E-state index in [0.29, 0.717) is 10.8 Å². The van der Waals surface area contributed by atoms with Gasteiger partial charge in [-0.1, -0.05) is 41.9 Å². The Kier molecular flexibility index (Phi) is 5.30. The number of aromatic nitrogens is 1. The molecule has 154 valence electrons. The SMILES string of the molecule is CC1(C)OC(=O)N([C@H]2CC[C@H](Nc3cc(Cl)ncc3N)CC2)[C@H]1c1ccccc1. The maximum Gasteiger partial charge on any atom is 0.411 e. The molecule has 1 amide bonds. The lowest BCUT2D eigenvalue weighted by atomic mass is 9.86. The zero-order chi connectivity index (χ0) is 20.6. The van der Waals surface area contributed by atoms with E-state index in [2.05, 4.69) is 22.4 Å². The fourth-order valence-electron chi connectivity index (χ4n) is 4.61. The number of nitrogen functional groups attached to an aromatic ring is 1. The van der Waals surface area contributed by atoms with Crippen LogP contribution in [0.1, 0.15) is 51.1 Å². The molecule has 2 fully saturated rings. The summed E-state index contributed by atoms with van der Waals surface area (Å²) in [6, 6.07) is 12.3. The number of cyclic esters (lactones) is 1. The van der Waals surface area contributed by atoms with Crippen molar-refractivity contribution < 1.29 is 9.53 Å². The van der Waals surface area contributed by atoms with Crippen molar-refractivity contribution in [2.45, 2.75) is 63.3 Å². The normalized spacial score (nSPS) is 26.2. The van der Waals surface area contributed by atoms with Gasteiger partial charge in [-0.25, -0.2) is 9.78 Å². The maximum absolute atomic E-state index is 12.8. The molecule has 1 atom stereocenters. The van der Waals surface area contributed by atoms with Crippen LogP contribution in [-0.2, 0) is 4.74 Å². The van der Waals surface area contributed by atoms with Crippen LogP contribution in [0.5, 0.6) is 0 Å². The Morgan fingerprint density at radius 2 is 1.90 bits per heavy atom. The highest BCUT2D eigenvalue weighted by Crippen LogP contribution is 2.44. The molecule has 7 heteroatoms. The summed E-state index contributed by atoms with van der Waals surface area (Å²) in [6.07, 6.45) is 5.05. The molecule has 0 bridgehead atoms. The number of anilines is 2. The average Bonchev–Trinajstić information content (AvgIpc) is 2.94. The van der Waals surface area contributed by atoms with Gasteiger partial charge in [0, 0.05) is 18.2 Å². The molecule has 6 nitrogen and oxygen atoms in total. The Hall–Kier alpha value is -2.47. The van der Waals surface area contributed by atoms with Gasteiger partial charge in [0.1, 0.15) is 10.8 Å². The minimum atomic E-state index is -0.560. The molecule has 0 spiro atoms. The van der Waals surface area contributed by atoms with E-state index in [1.165, 1.54) is 0 Å². The molecule has 1 aromatic heterocycles. The van der Waals surface area contributed by atoms with E-state index in [9.17, 15) is 4.79 Å². The summed E-state index contributed by atoms with van der Waals surface area (Å²) >= 11 is 6.00. The fraction of sp³-hybridized carbons (Fsp3) is 0.455. The number of carbonyl (C=O) groups is 1. The first-order valence-electron chi connectivity index (χ1n) is 10.1. The largest absolute Gasteiger partial charge is 0.441 e. The number of hydrogen-bond donors (Lipinski definition) is 2. The summed E-state index contributed by atoms with van der Waals surface area (Å²) in [7, 11) is 0. The van der Waals surface area contributed by atoms with E-state index in [1.54, 1.807) is 12.3 Å². The van der Waals surface area contributed by atoms with Crippen molar-refractivity contribution in [3.8, 4) is 0 Å². The third-order valence-corrected chi connectivity index (χ3v) is 6.17. The van der Waals surface area contributed by atoms with E-state index in [1.807, 2.05) is 36.9 Å². The van der Waals surface area contributed by atoms with Gasteiger partial charge in [-0.3, -0.25) is 4.90 Å². The minimum absolute atomic E-state index is 0.0830. The Morgan fingerprint density at radius 1 is 1.21 bits per heavy atom. The number of nitrogens with zero attached hydrogens (tertiary/aromatic N) is 2. The number of ether oxygens (including phenoxy) is 1. The third kappa shape index (κ3) is 3.99. The van der Waals surface area contributed by atoms with Crippen LogP contribution >= 0.6 is 11.6 Å². The number of hydrogen-bond acceptors (Lipinski definition) is 5. The Bertz CT molecular complexity index is 882. The number of amides is 1. The Labute approximate surface area is 176 Å². The lowest BCUT2D eigenvalue weighted by Gasteiger charge is -2.38. The van der Waals surface area contributed by atoms with Crippen molar-refractivity contribution in [3.63, 3.8) is 0 Å². The van der Waals surface area contributed by atoms with Gasteiger partial charge < -0.3 is 15.8 Å². The summed E-state index contributed by atoms with van der Waals surface area (Å²) in [6.45, 7) is 3.98. The standard InChI is InChI=1S/C22H27ClN4O2/c1-22(2)20(14-6-4-3-5-7-14)27(21(28)29-22)16-10-8-15(9-11-16)26-18-12-19(23)25-13-17(18)24/h3-7,12-13,15-16,20H,8-11,24H2,1-2H3,(H,25,26)/t15-,16-,20-/m0/s1. The summed E-state index contributed by atoms with van der Waals surface area (Å²) in [5.74, 6) is 0. The number of halogens is 1. The van der Waals surface area contributed by atoms with Crippen molar-refractivity contribution in [1.29, 1.82) is 0 Å². The molecular formula is C22H27ClN4O2. The summed E-state index contributed by atoms with van der Waals surface area (Å²) < 4.78 is 5.77. The average molecular weight is 415 g/mol. The van der Waals surface area contributed by atoms with Crippen LogP contribution < -0.4 is 11.1 Å². The van der Waals surface area contributed by atoms with Crippen molar-refractivity contribution in [2.24, 2.45) is 0 Å². The lowest BCUT2D eigenvalue weighted by molar-refractivity contribution is 0.0664. The van der Waals surface area contributed by atoms with E-state index >= 15 is 0 Å². The van der Waals surface area contributed by atoms with Crippen molar-refractivity contribution in [2.75, 3.05) is 11.1 Å². The molecule has 29 heavy (non-hydrogen) atoms. The van der Waals surface area contributed by atoms with E-state index in [-0.39, 0.29) is 24.2 Å². The number of nitrogens with two attached hydrogens (primary N) is 1. The van der Waals surface area contributed by atoms with Crippen molar-refractivity contribution in [3.05, 3.63) is 53.3 Å². The molecule has 2 aliphatic rings. The summed E-state index contributed by atoms with van der Waals surface area (Å²) in [5, 5.41) is 3.91. The van der Waals surface area contributed by atoms with Gasteiger partial charge in [-0.2, -0.15) is 0 Å². The van der Waals surface area contributed by atoms with Crippen LogP contribution in [0.3, 0.4) is 0 Å². The van der Waals surface area contributed by atoms with Crippen LogP contribution in [0.25, 0.3) is 0 Å².